The lowest BCUT2D eigenvalue weighted by molar-refractivity contribution is 1.36. The monoisotopic (exact) mass is 188 g/mol. The van der Waals surface area contributed by atoms with Crippen LogP contribution in [0, 0.1) is 22.7 Å². The second-order valence-electron chi connectivity index (χ2n) is 2.54. The maximum Gasteiger partial charge on any atom is 0.101 e. The molecule has 0 atom stereocenters. The molecule has 3 heteroatoms. The number of rotatable bonds is 2. The first-order valence-corrected chi connectivity index (χ1v) is 5.13. The van der Waals surface area contributed by atoms with E-state index in [9.17, 15) is 0 Å². The maximum absolute atomic E-state index is 8.73. The molecule has 0 aromatic heterocycles. The minimum absolute atomic E-state index is 0.451. The third kappa shape index (κ3) is 2.24. The molecular formula is C10H8N2S. The summed E-state index contributed by atoms with van der Waals surface area (Å²) in [5.74, 6) is 0.875. The Kier molecular flexibility index (Phi) is 3.37. The number of thioether (sulfide) groups is 1. The van der Waals surface area contributed by atoms with Crippen LogP contribution in [0.2, 0.25) is 0 Å². The fourth-order valence-corrected chi connectivity index (χ4v) is 1.55. The second-order valence-corrected chi connectivity index (χ2v) is 3.40. The summed E-state index contributed by atoms with van der Waals surface area (Å²) in [6.07, 6.45) is 2.00. The Bertz CT molecular complexity index is 385. The van der Waals surface area contributed by atoms with Gasteiger partial charge in [-0.2, -0.15) is 22.3 Å². The molecular weight excluding hydrogens is 180 g/mol. The molecule has 0 N–H and O–H groups in total. The Morgan fingerprint density at radius 3 is 2.46 bits per heavy atom. The maximum atomic E-state index is 8.73. The van der Waals surface area contributed by atoms with E-state index in [-0.39, 0.29) is 0 Å². The quantitative estimate of drug-likeness (QED) is 0.715. The molecule has 0 radical (unpaired) electrons. The fraction of sp³-hybridized carbons (Fsp3) is 0.200. The summed E-state index contributed by atoms with van der Waals surface area (Å²) in [4.78, 5) is 0. The van der Waals surface area contributed by atoms with Crippen LogP contribution in [0.15, 0.2) is 18.2 Å². The van der Waals surface area contributed by atoms with Crippen molar-refractivity contribution in [1.29, 1.82) is 10.5 Å². The molecule has 1 aromatic rings. The van der Waals surface area contributed by atoms with Gasteiger partial charge in [-0.05, 0) is 24.0 Å². The first kappa shape index (κ1) is 9.64. The first-order chi connectivity index (χ1) is 6.31. The Morgan fingerprint density at radius 1 is 1.23 bits per heavy atom. The van der Waals surface area contributed by atoms with Gasteiger partial charge >= 0.3 is 0 Å². The summed E-state index contributed by atoms with van der Waals surface area (Å²) < 4.78 is 0. The van der Waals surface area contributed by atoms with Crippen LogP contribution in [0.1, 0.15) is 16.7 Å². The van der Waals surface area contributed by atoms with E-state index in [1.807, 2.05) is 24.5 Å². The fourth-order valence-electron chi connectivity index (χ4n) is 1.04. The number of hydrogen-bond donors (Lipinski definition) is 0. The molecule has 0 aliphatic rings. The molecule has 0 saturated heterocycles. The van der Waals surface area contributed by atoms with Crippen molar-refractivity contribution in [2.45, 2.75) is 5.75 Å². The highest BCUT2D eigenvalue weighted by atomic mass is 32.2. The van der Waals surface area contributed by atoms with Crippen LogP contribution < -0.4 is 0 Å². The molecule has 0 heterocycles. The minimum atomic E-state index is 0.451. The molecule has 64 valence electrons. The van der Waals surface area contributed by atoms with Crippen LogP contribution >= 0.6 is 11.8 Å². The highest BCUT2D eigenvalue weighted by Gasteiger charge is 2.01. The molecule has 1 aromatic carbocycles. The smallest absolute Gasteiger partial charge is 0.101 e. The minimum Gasteiger partial charge on any atom is -0.192 e. The molecule has 0 aliphatic carbocycles. The van der Waals surface area contributed by atoms with Crippen molar-refractivity contribution < 1.29 is 0 Å². The predicted molar refractivity (Wildman–Crippen MR) is 53.1 cm³/mol. The summed E-state index contributed by atoms with van der Waals surface area (Å²) in [7, 11) is 0. The van der Waals surface area contributed by atoms with E-state index >= 15 is 0 Å². The summed E-state index contributed by atoms with van der Waals surface area (Å²) in [6.45, 7) is 0. The zero-order valence-corrected chi connectivity index (χ0v) is 8.06. The number of hydrogen-bond acceptors (Lipinski definition) is 3. The molecule has 2 nitrogen and oxygen atoms in total. The molecule has 0 spiro atoms. The topological polar surface area (TPSA) is 47.6 Å². The van der Waals surface area contributed by atoms with Crippen molar-refractivity contribution in [3.05, 3.63) is 34.9 Å². The highest BCUT2D eigenvalue weighted by Crippen LogP contribution is 2.14. The largest absolute Gasteiger partial charge is 0.192 e. The van der Waals surface area contributed by atoms with Gasteiger partial charge in [-0.25, -0.2) is 0 Å². The average molecular weight is 188 g/mol. The van der Waals surface area contributed by atoms with E-state index in [1.54, 1.807) is 23.9 Å². The van der Waals surface area contributed by atoms with Crippen molar-refractivity contribution in [3.63, 3.8) is 0 Å². The molecule has 0 bridgehead atoms. The molecule has 0 fully saturated rings. The summed E-state index contributed by atoms with van der Waals surface area (Å²) in [5.41, 5.74) is 2.00. The lowest BCUT2D eigenvalue weighted by Crippen LogP contribution is -1.87. The van der Waals surface area contributed by atoms with Gasteiger partial charge in [0.25, 0.3) is 0 Å². The van der Waals surface area contributed by atoms with Gasteiger partial charge in [0, 0.05) is 5.75 Å². The van der Waals surface area contributed by atoms with Gasteiger partial charge in [-0.15, -0.1) is 0 Å². The van der Waals surface area contributed by atoms with Crippen molar-refractivity contribution in [3.8, 4) is 12.1 Å². The van der Waals surface area contributed by atoms with Gasteiger partial charge in [0.1, 0.15) is 12.1 Å². The highest BCUT2D eigenvalue weighted by molar-refractivity contribution is 7.97. The summed E-state index contributed by atoms with van der Waals surface area (Å²) >= 11 is 1.70. The average Bonchev–Trinajstić information content (AvgIpc) is 2.18. The standard InChI is InChI=1S/C10H8N2S/c1-13-7-8-2-3-9(5-11)10(4-8)6-12/h2-4H,7H2,1H3. The lowest BCUT2D eigenvalue weighted by Gasteiger charge is -1.99. The molecule has 0 aliphatic heterocycles. The predicted octanol–water partition coefficient (Wildman–Crippen LogP) is 2.29. The van der Waals surface area contributed by atoms with Crippen molar-refractivity contribution in [2.24, 2.45) is 0 Å². The summed E-state index contributed by atoms with van der Waals surface area (Å²) in [5, 5.41) is 17.4. The van der Waals surface area contributed by atoms with Gasteiger partial charge in [0.15, 0.2) is 0 Å². The van der Waals surface area contributed by atoms with Crippen molar-refractivity contribution in [2.75, 3.05) is 6.26 Å². The van der Waals surface area contributed by atoms with E-state index in [0.717, 1.165) is 11.3 Å². The van der Waals surface area contributed by atoms with E-state index in [4.69, 9.17) is 10.5 Å². The van der Waals surface area contributed by atoms with E-state index < -0.39 is 0 Å². The first-order valence-electron chi connectivity index (χ1n) is 3.74. The van der Waals surface area contributed by atoms with Gasteiger partial charge < -0.3 is 0 Å². The molecule has 0 amide bonds. The molecule has 0 saturated carbocycles. The van der Waals surface area contributed by atoms with Crippen LogP contribution in [-0.2, 0) is 5.75 Å². The van der Waals surface area contributed by atoms with E-state index in [1.165, 1.54) is 0 Å². The Morgan fingerprint density at radius 2 is 1.92 bits per heavy atom. The number of nitriles is 2. The van der Waals surface area contributed by atoms with Crippen LogP contribution in [0.4, 0.5) is 0 Å². The van der Waals surface area contributed by atoms with E-state index in [2.05, 4.69) is 0 Å². The second kappa shape index (κ2) is 4.54. The van der Waals surface area contributed by atoms with Gasteiger partial charge in [0.2, 0.25) is 0 Å². The Labute approximate surface area is 81.8 Å². The SMILES string of the molecule is CSCc1ccc(C#N)c(C#N)c1. The number of benzene rings is 1. The normalized spacial score (nSPS) is 8.85. The summed E-state index contributed by atoms with van der Waals surface area (Å²) in [6, 6.07) is 9.36. The van der Waals surface area contributed by atoms with Crippen LogP contribution in [-0.4, -0.2) is 6.26 Å². The molecule has 13 heavy (non-hydrogen) atoms. The van der Waals surface area contributed by atoms with Crippen LogP contribution in [0.3, 0.4) is 0 Å². The molecule has 0 unspecified atom stereocenters. The van der Waals surface area contributed by atoms with Gasteiger partial charge in [-0.3, -0.25) is 0 Å². The lowest BCUT2D eigenvalue weighted by atomic mass is 10.1. The zero-order chi connectivity index (χ0) is 9.68. The third-order valence-electron chi connectivity index (χ3n) is 1.64. The third-order valence-corrected chi connectivity index (χ3v) is 2.26. The zero-order valence-electron chi connectivity index (χ0n) is 7.24. The Hall–Kier alpha value is -1.45. The molecule has 1 rings (SSSR count). The van der Waals surface area contributed by atoms with Crippen molar-refractivity contribution >= 4 is 11.8 Å². The van der Waals surface area contributed by atoms with Crippen LogP contribution in [0.5, 0.6) is 0 Å². The Balaban J connectivity index is 3.09. The van der Waals surface area contributed by atoms with Gasteiger partial charge in [0.05, 0.1) is 11.1 Å². The number of nitrogens with zero attached hydrogens (tertiary/aromatic N) is 2. The van der Waals surface area contributed by atoms with Crippen LogP contribution in [0.25, 0.3) is 0 Å². The van der Waals surface area contributed by atoms with Gasteiger partial charge in [-0.1, -0.05) is 6.07 Å². The van der Waals surface area contributed by atoms with Crippen molar-refractivity contribution in [1.82, 2.24) is 0 Å². The van der Waals surface area contributed by atoms with E-state index in [0.29, 0.717) is 11.1 Å².